The van der Waals surface area contributed by atoms with E-state index < -0.39 is 6.04 Å². The van der Waals surface area contributed by atoms with Crippen molar-refractivity contribution >= 4 is 11.9 Å². The fourth-order valence-electron chi connectivity index (χ4n) is 3.64. The Balaban J connectivity index is 1.65. The lowest BCUT2D eigenvalue weighted by molar-refractivity contribution is -0.126. The number of hydrogen-bond donors (Lipinski definition) is 2. The summed E-state index contributed by atoms with van der Waals surface area (Å²) in [4.78, 5) is 27.1. The second kappa shape index (κ2) is 7.26. The molecule has 0 aliphatic carbocycles. The average Bonchev–Trinajstić information content (AvgIpc) is 3.02. The summed E-state index contributed by atoms with van der Waals surface area (Å²) in [6.45, 7) is 0.863. The number of nitrogens with zero attached hydrogens (tertiary/aromatic N) is 1. The molecule has 0 saturated carbocycles. The normalized spacial score (nSPS) is 18.5. The van der Waals surface area contributed by atoms with E-state index in [1.165, 1.54) is 0 Å². The van der Waals surface area contributed by atoms with Crippen molar-refractivity contribution in [3.8, 4) is 11.5 Å². The summed E-state index contributed by atoms with van der Waals surface area (Å²) in [5, 5.41) is 5.64. The van der Waals surface area contributed by atoms with E-state index in [2.05, 4.69) is 10.6 Å². The molecule has 0 bridgehead atoms. The Morgan fingerprint density at radius 2 is 1.79 bits per heavy atom. The molecule has 0 radical (unpaired) electrons. The smallest absolute Gasteiger partial charge is 0.319 e. The van der Waals surface area contributed by atoms with Crippen molar-refractivity contribution in [3.63, 3.8) is 0 Å². The Hall–Kier alpha value is -3.48. The standard InChI is InChI=1S/C21H21N3O4/c1-27-16-9-8-14(10-17(16)28-2)19-18-15(22-21(26)23-19)12-24(20(18)25)11-13-6-4-3-5-7-13/h3-10,19H,11-12H2,1-2H3,(H2,22,23,26)/t19-/m1/s1. The van der Waals surface area contributed by atoms with Crippen molar-refractivity contribution < 1.29 is 19.1 Å². The number of rotatable bonds is 5. The molecule has 144 valence electrons. The number of carbonyl (C=O) groups excluding carboxylic acids is 2. The molecule has 3 amide bonds. The summed E-state index contributed by atoms with van der Waals surface area (Å²) < 4.78 is 10.6. The zero-order valence-corrected chi connectivity index (χ0v) is 15.7. The van der Waals surface area contributed by atoms with Gasteiger partial charge in [0, 0.05) is 6.54 Å². The summed E-state index contributed by atoms with van der Waals surface area (Å²) >= 11 is 0. The first-order chi connectivity index (χ1) is 13.6. The number of urea groups is 1. The molecule has 7 heteroatoms. The summed E-state index contributed by atoms with van der Waals surface area (Å²) in [5.41, 5.74) is 3.00. The molecular weight excluding hydrogens is 358 g/mol. The molecule has 0 aromatic heterocycles. The summed E-state index contributed by atoms with van der Waals surface area (Å²) in [6.07, 6.45) is 0. The molecular formula is C21H21N3O4. The number of ether oxygens (including phenoxy) is 2. The average molecular weight is 379 g/mol. The number of carbonyl (C=O) groups is 2. The van der Waals surface area contributed by atoms with Gasteiger partial charge in [-0.3, -0.25) is 4.79 Å². The van der Waals surface area contributed by atoms with Crippen LogP contribution in [0.3, 0.4) is 0 Å². The van der Waals surface area contributed by atoms with Crippen LogP contribution in [0.25, 0.3) is 0 Å². The molecule has 1 atom stereocenters. The maximum Gasteiger partial charge on any atom is 0.319 e. The highest BCUT2D eigenvalue weighted by molar-refractivity contribution is 6.01. The molecule has 28 heavy (non-hydrogen) atoms. The predicted octanol–water partition coefficient (Wildman–Crippen LogP) is 2.35. The van der Waals surface area contributed by atoms with Crippen molar-refractivity contribution in [1.82, 2.24) is 15.5 Å². The van der Waals surface area contributed by atoms with Crippen molar-refractivity contribution in [2.45, 2.75) is 12.6 Å². The van der Waals surface area contributed by atoms with Crippen LogP contribution in [0.5, 0.6) is 11.5 Å². The Morgan fingerprint density at radius 3 is 2.50 bits per heavy atom. The SMILES string of the molecule is COc1ccc([C@H]2NC(=O)NC3=C2C(=O)N(Cc2ccccc2)C3)cc1OC. The van der Waals surface area contributed by atoms with E-state index in [-0.39, 0.29) is 11.9 Å². The van der Waals surface area contributed by atoms with Gasteiger partial charge in [0.2, 0.25) is 0 Å². The molecule has 2 aromatic carbocycles. The largest absolute Gasteiger partial charge is 0.493 e. The monoisotopic (exact) mass is 379 g/mol. The minimum absolute atomic E-state index is 0.0915. The minimum atomic E-state index is -0.545. The maximum absolute atomic E-state index is 13.1. The van der Waals surface area contributed by atoms with Gasteiger partial charge < -0.3 is 25.0 Å². The molecule has 4 rings (SSSR count). The van der Waals surface area contributed by atoms with E-state index in [9.17, 15) is 9.59 Å². The number of methoxy groups -OCH3 is 2. The van der Waals surface area contributed by atoms with Gasteiger partial charge in [-0.15, -0.1) is 0 Å². The Labute approximate surface area is 162 Å². The van der Waals surface area contributed by atoms with Gasteiger partial charge in [0.05, 0.1) is 38.1 Å². The van der Waals surface area contributed by atoms with Crippen LogP contribution in [-0.2, 0) is 11.3 Å². The zero-order chi connectivity index (χ0) is 19.7. The molecule has 0 spiro atoms. The van der Waals surface area contributed by atoms with Crippen LogP contribution in [0.1, 0.15) is 17.2 Å². The molecule has 7 nitrogen and oxygen atoms in total. The van der Waals surface area contributed by atoms with Gasteiger partial charge in [0.15, 0.2) is 11.5 Å². The van der Waals surface area contributed by atoms with E-state index in [0.29, 0.717) is 35.9 Å². The second-order valence-electron chi connectivity index (χ2n) is 6.68. The fraction of sp³-hybridized carbons (Fsp3) is 0.238. The zero-order valence-electron chi connectivity index (χ0n) is 15.7. The highest BCUT2D eigenvalue weighted by Crippen LogP contribution is 2.36. The van der Waals surface area contributed by atoms with Gasteiger partial charge in [-0.2, -0.15) is 0 Å². The van der Waals surface area contributed by atoms with E-state index >= 15 is 0 Å². The summed E-state index contributed by atoms with van der Waals surface area (Å²) in [7, 11) is 3.11. The lowest BCUT2D eigenvalue weighted by Gasteiger charge is -2.26. The number of amides is 3. The second-order valence-corrected chi connectivity index (χ2v) is 6.68. The van der Waals surface area contributed by atoms with E-state index in [0.717, 1.165) is 11.1 Å². The van der Waals surface area contributed by atoms with Crippen LogP contribution >= 0.6 is 0 Å². The van der Waals surface area contributed by atoms with E-state index in [1.807, 2.05) is 36.4 Å². The van der Waals surface area contributed by atoms with Crippen LogP contribution in [0.4, 0.5) is 4.79 Å². The van der Waals surface area contributed by atoms with E-state index in [1.54, 1.807) is 31.3 Å². The van der Waals surface area contributed by atoms with Crippen LogP contribution < -0.4 is 20.1 Å². The topological polar surface area (TPSA) is 79.9 Å². The van der Waals surface area contributed by atoms with Gasteiger partial charge in [-0.05, 0) is 23.3 Å². The van der Waals surface area contributed by atoms with Crippen molar-refractivity contribution in [2.75, 3.05) is 20.8 Å². The van der Waals surface area contributed by atoms with Gasteiger partial charge in [0.1, 0.15) is 0 Å². The van der Waals surface area contributed by atoms with Gasteiger partial charge in [-0.25, -0.2) is 4.79 Å². The number of nitrogens with one attached hydrogen (secondary N) is 2. The van der Waals surface area contributed by atoms with Gasteiger partial charge >= 0.3 is 6.03 Å². The first-order valence-electron chi connectivity index (χ1n) is 8.96. The van der Waals surface area contributed by atoms with Crippen molar-refractivity contribution in [3.05, 3.63) is 70.9 Å². The Morgan fingerprint density at radius 1 is 1.04 bits per heavy atom. The van der Waals surface area contributed by atoms with Crippen molar-refractivity contribution in [2.24, 2.45) is 0 Å². The number of hydrogen-bond acceptors (Lipinski definition) is 4. The van der Waals surface area contributed by atoms with Crippen LogP contribution in [0, 0.1) is 0 Å². The predicted molar refractivity (Wildman–Crippen MR) is 103 cm³/mol. The molecule has 2 heterocycles. The van der Waals surface area contributed by atoms with Gasteiger partial charge in [0.25, 0.3) is 5.91 Å². The highest BCUT2D eigenvalue weighted by Gasteiger charge is 2.40. The molecule has 2 aromatic rings. The molecule has 0 fully saturated rings. The molecule has 0 saturated heterocycles. The summed E-state index contributed by atoms with van der Waals surface area (Å²) in [5.74, 6) is 1.04. The van der Waals surface area contributed by atoms with Crippen molar-refractivity contribution in [1.29, 1.82) is 0 Å². The third-order valence-corrected chi connectivity index (χ3v) is 4.98. The molecule has 2 aliphatic heterocycles. The highest BCUT2D eigenvalue weighted by atomic mass is 16.5. The first-order valence-corrected chi connectivity index (χ1v) is 8.96. The lowest BCUT2D eigenvalue weighted by Crippen LogP contribution is -2.44. The van der Waals surface area contributed by atoms with E-state index in [4.69, 9.17) is 9.47 Å². The number of benzene rings is 2. The molecule has 2 aliphatic rings. The quantitative estimate of drug-likeness (QED) is 0.836. The molecule has 0 unspecified atom stereocenters. The van der Waals surface area contributed by atoms with Crippen LogP contribution in [0.2, 0.25) is 0 Å². The third-order valence-electron chi connectivity index (χ3n) is 4.98. The van der Waals surface area contributed by atoms with Gasteiger partial charge in [-0.1, -0.05) is 36.4 Å². The Kier molecular flexibility index (Phi) is 4.65. The van der Waals surface area contributed by atoms with Crippen LogP contribution in [0.15, 0.2) is 59.8 Å². The fourth-order valence-corrected chi connectivity index (χ4v) is 3.64. The van der Waals surface area contributed by atoms with Crippen LogP contribution in [-0.4, -0.2) is 37.6 Å². The Bertz CT molecular complexity index is 955. The molecule has 2 N–H and O–H groups in total. The third kappa shape index (κ3) is 3.15. The maximum atomic E-state index is 13.1. The first kappa shape index (κ1) is 17.9. The summed E-state index contributed by atoms with van der Waals surface area (Å²) in [6, 6.07) is 14.3. The lowest BCUT2D eigenvalue weighted by atomic mass is 9.96. The minimum Gasteiger partial charge on any atom is -0.493 e.